The van der Waals surface area contributed by atoms with Crippen molar-refractivity contribution < 1.29 is 9.18 Å². The maximum atomic E-state index is 14.2. The Morgan fingerprint density at radius 3 is 2.71 bits per heavy atom. The van der Waals surface area contributed by atoms with Crippen LogP contribution in [-0.2, 0) is 0 Å². The van der Waals surface area contributed by atoms with E-state index in [2.05, 4.69) is 15.6 Å². The highest BCUT2D eigenvalue weighted by Gasteiger charge is 2.26. The van der Waals surface area contributed by atoms with Gasteiger partial charge in [-0.1, -0.05) is 25.3 Å². The van der Waals surface area contributed by atoms with Crippen molar-refractivity contribution >= 4 is 17.7 Å². The van der Waals surface area contributed by atoms with Gasteiger partial charge in [0.15, 0.2) is 0 Å². The summed E-state index contributed by atoms with van der Waals surface area (Å²) in [6.07, 6.45) is 9.67. The first-order chi connectivity index (χ1) is 15.1. The number of piperidine rings is 1. The molecule has 166 valence electrons. The van der Waals surface area contributed by atoms with Crippen molar-refractivity contribution in [1.29, 1.82) is 0 Å². The van der Waals surface area contributed by atoms with Gasteiger partial charge in [0.05, 0.1) is 0 Å². The number of hydrogen-bond donors (Lipinski definition) is 2. The Morgan fingerprint density at radius 1 is 1.16 bits per heavy atom. The number of anilines is 2. The lowest BCUT2D eigenvalue weighted by molar-refractivity contribution is 0.0979. The van der Waals surface area contributed by atoms with Gasteiger partial charge < -0.3 is 10.6 Å². The molecule has 4 rings (SSSR count). The van der Waals surface area contributed by atoms with E-state index in [0.717, 1.165) is 38.8 Å². The predicted molar refractivity (Wildman–Crippen MR) is 121 cm³/mol. The van der Waals surface area contributed by atoms with Crippen molar-refractivity contribution in [1.82, 2.24) is 15.3 Å². The quantitative estimate of drug-likeness (QED) is 0.722. The molecule has 0 radical (unpaired) electrons. The van der Waals surface area contributed by atoms with Crippen LogP contribution in [-0.4, -0.2) is 41.6 Å². The van der Waals surface area contributed by atoms with Crippen molar-refractivity contribution in [2.45, 2.75) is 57.9 Å². The van der Waals surface area contributed by atoms with Gasteiger partial charge >= 0.3 is 0 Å². The van der Waals surface area contributed by atoms with E-state index in [-0.39, 0.29) is 11.7 Å². The van der Waals surface area contributed by atoms with Crippen LogP contribution >= 0.6 is 0 Å². The number of nitrogens with one attached hydrogen (secondary N) is 2. The Morgan fingerprint density at radius 2 is 1.94 bits per heavy atom. The summed E-state index contributed by atoms with van der Waals surface area (Å²) in [4.78, 5) is 24.4. The third-order valence-electron chi connectivity index (χ3n) is 6.50. The zero-order valence-electron chi connectivity index (χ0n) is 18.2. The summed E-state index contributed by atoms with van der Waals surface area (Å²) in [6, 6.07) is 6.83. The molecule has 6 nitrogen and oxygen atoms in total. The van der Waals surface area contributed by atoms with Crippen LogP contribution in [0.3, 0.4) is 0 Å². The maximum Gasteiger partial charge on any atom is 0.259 e. The Balaban J connectivity index is 1.61. The minimum absolute atomic E-state index is 0.210. The minimum Gasteiger partial charge on any atom is -0.351 e. The molecule has 2 aliphatic rings. The van der Waals surface area contributed by atoms with Gasteiger partial charge in [0.2, 0.25) is 5.95 Å². The molecule has 0 bridgehead atoms. The molecule has 2 heterocycles. The zero-order chi connectivity index (χ0) is 21.6. The lowest BCUT2D eigenvalue weighted by atomic mass is 9.96. The van der Waals surface area contributed by atoms with Crippen LogP contribution in [0.1, 0.15) is 60.9 Å². The van der Waals surface area contributed by atoms with Crippen LogP contribution in [0.15, 0.2) is 30.5 Å². The SMILES string of the molecule is Cc1c(F)cccc1C(=O)N(CC1CCNCC1)c1ccnc(NC2CCCCC2)n1. The summed E-state index contributed by atoms with van der Waals surface area (Å²) in [5, 5.41) is 6.82. The van der Waals surface area contributed by atoms with Crippen LogP contribution in [0.5, 0.6) is 0 Å². The first-order valence-electron chi connectivity index (χ1n) is 11.5. The van der Waals surface area contributed by atoms with Crippen LogP contribution in [0.4, 0.5) is 16.2 Å². The first kappa shape index (κ1) is 21.7. The molecule has 1 saturated carbocycles. The van der Waals surface area contributed by atoms with E-state index in [0.29, 0.717) is 41.4 Å². The molecule has 1 saturated heterocycles. The summed E-state index contributed by atoms with van der Waals surface area (Å²) in [5.41, 5.74) is 0.756. The summed E-state index contributed by atoms with van der Waals surface area (Å²) < 4.78 is 14.2. The maximum absolute atomic E-state index is 14.2. The number of carbonyl (C=O) groups excluding carboxylic acids is 1. The van der Waals surface area contributed by atoms with Crippen molar-refractivity contribution in [3.63, 3.8) is 0 Å². The monoisotopic (exact) mass is 425 g/mol. The van der Waals surface area contributed by atoms with E-state index in [9.17, 15) is 9.18 Å². The highest BCUT2D eigenvalue weighted by Crippen LogP contribution is 2.25. The Labute approximate surface area is 183 Å². The summed E-state index contributed by atoms with van der Waals surface area (Å²) in [5.74, 6) is 0.931. The summed E-state index contributed by atoms with van der Waals surface area (Å²) in [6.45, 7) is 4.12. The molecule has 1 aromatic heterocycles. The van der Waals surface area contributed by atoms with Gasteiger partial charge in [-0.25, -0.2) is 9.37 Å². The van der Waals surface area contributed by atoms with E-state index >= 15 is 0 Å². The Kier molecular flexibility index (Phi) is 7.12. The largest absolute Gasteiger partial charge is 0.351 e. The molecular weight excluding hydrogens is 393 g/mol. The second-order valence-electron chi connectivity index (χ2n) is 8.74. The number of rotatable bonds is 6. The van der Waals surface area contributed by atoms with E-state index in [1.807, 2.05) is 0 Å². The Bertz CT molecular complexity index is 893. The van der Waals surface area contributed by atoms with Crippen molar-refractivity contribution in [3.8, 4) is 0 Å². The number of nitrogens with zero attached hydrogens (tertiary/aromatic N) is 3. The predicted octanol–water partition coefficient (Wildman–Crippen LogP) is 4.32. The van der Waals surface area contributed by atoms with Crippen LogP contribution in [0.2, 0.25) is 0 Å². The fourth-order valence-corrected chi connectivity index (χ4v) is 4.59. The van der Waals surface area contributed by atoms with Gasteiger partial charge in [-0.2, -0.15) is 4.98 Å². The molecule has 1 aliphatic heterocycles. The molecule has 2 aromatic rings. The topological polar surface area (TPSA) is 70.2 Å². The smallest absolute Gasteiger partial charge is 0.259 e. The molecule has 2 fully saturated rings. The summed E-state index contributed by atoms with van der Waals surface area (Å²) in [7, 11) is 0. The lowest BCUT2D eigenvalue weighted by Crippen LogP contribution is -2.40. The van der Waals surface area contributed by atoms with Gasteiger partial charge in [0.1, 0.15) is 11.6 Å². The molecule has 0 atom stereocenters. The van der Waals surface area contributed by atoms with E-state index in [4.69, 9.17) is 4.98 Å². The number of benzene rings is 1. The zero-order valence-corrected chi connectivity index (χ0v) is 18.2. The fraction of sp³-hybridized carbons (Fsp3) is 0.542. The van der Waals surface area contributed by atoms with Crippen LogP contribution in [0, 0.1) is 18.7 Å². The molecule has 1 amide bonds. The molecular formula is C24H32FN5O. The standard InChI is InChI=1S/C24H32FN5O/c1-17-20(8-5-9-21(17)25)23(31)30(16-18-10-13-26-14-11-18)22-12-15-27-24(29-22)28-19-6-3-2-4-7-19/h5,8-9,12,15,18-19,26H,2-4,6-7,10-11,13-14,16H2,1H3,(H,27,28,29). The minimum atomic E-state index is -0.366. The van der Waals surface area contributed by atoms with Crippen molar-refractivity contribution in [3.05, 3.63) is 47.4 Å². The normalized spacial score (nSPS) is 18.0. The van der Waals surface area contributed by atoms with Crippen molar-refractivity contribution in [2.24, 2.45) is 5.92 Å². The number of carbonyl (C=O) groups is 1. The highest BCUT2D eigenvalue weighted by molar-refractivity contribution is 6.06. The first-order valence-corrected chi connectivity index (χ1v) is 11.5. The third kappa shape index (κ3) is 5.39. The average molecular weight is 426 g/mol. The van der Waals surface area contributed by atoms with E-state index in [1.54, 1.807) is 36.2 Å². The van der Waals surface area contributed by atoms with Crippen molar-refractivity contribution in [2.75, 3.05) is 29.9 Å². The number of aromatic nitrogens is 2. The molecule has 7 heteroatoms. The molecule has 0 unspecified atom stereocenters. The summed E-state index contributed by atoms with van der Waals surface area (Å²) >= 11 is 0. The van der Waals surface area contributed by atoms with Gasteiger partial charge in [-0.15, -0.1) is 0 Å². The highest BCUT2D eigenvalue weighted by atomic mass is 19.1. The second-order valence-corrected chi connectivity index (χ2v) is 8.74. The average Bonchev–Trinajstić information content (AvgIpc) is 2.80. The molecule has 1 aromatic carbocycles. The number of halogens is 1. The van der Waals surface area contributed by atoms with Gasteiger partial charge in [0.25, 0.3) is 5.91 Å². The number of hydrogen-bond acceptors (Lipinski definition) is 5. The van der Waals surface area contributed by atoms with Gasteiger partial charge in [-0.05, 0) is 75.4 Å². The third-order valence-corrected chi connectivity index (χ3v) is 6.50. The number of amides is 1. The molecule has 1 aliphatic carbocycles. The van der Waals surface area contributed by atoms with Gasteiger partial charge in [-0.3, -0.25) is 9.69 Å². The molecule has 31 heavy (non-hydrogen) atoms. The van der Waals surface area contributed by atoms with Gasteiger partial charge in [0, 0.05) is 24.3 Å². The second kappa shape index (κ2) is 10.2. The fourth-order valence-electron chi connectivity index (χ4n) is 4.59. The van der Waals surface area contributed by atoms with E-state index in [1.165, 1.54) is 25.3 Å². The molecule has 2 N–H and O–H groups in total. The van der Waals surface area contributed by atoms with E-state index < -0.39 is 0 Å². The van der Waals surface area contributed by atoms with Crippen LogP contribution in [0.25, 0.3) is 0 Å². The van der Waals surface area contributed by atoms with Crippen LogP contribution < -0.4 is 15.5 Å². The molecule has 0 spiro atoms. The Hall–Kier alpha value is -2.54. The lowest BCUT2D eigenvalue weighted by Gasteiger charge is -2.30.